The molecule has 1 aliphatic heterocycles. The first-order valence-electron chi connectivity index (χ1n) is 10.3. The third-order valence-electron chi connectivity index (χ3n) is 5.28. The second-order valence-corrected chi connectivity index (χ2v) is 11.3. The number of amides is 1. The standard InChI is InChI=1S/C22H25N3O4S3.ClH/c1-30-17-7-8-19-20(15-17)31-22(23-19)25(10-9-24-11-13-29-14-12-24)21(26)16-32(27,28)18-5-3-2-4-6-18;/h2-8,15H,9-14,16H2,1H3;1H. The van der Waals surface area contributed by atoms with E-state index in [9.17, 15) is 13.2 Å². The molecule has 4 rings (SSSR count). The average Bonchev–Trinajstić information content (AvgIpc) is 3.23. The first-order chi connectivity index (χ1) is 15.5. The number of fused-ring (bicyclic) bond motifs is 1. The molecule has 33 heavy (non-hydrogen) atoms. The van der Waals surface area contributed by atoms with Gasteiger partial charge in [-0.05, 0) is 36.6 Å². The smallest absolute Gasteiger partial charge is 0.244 e. The Morgan fingerprint density at radius 1 is 1.18 bits per heavy atom. The monoisotopic (exact) mass is 527 g/mol. The maximum Gasteiger partial charge on any atom is 0.244 e. The van der Waals surface area contributed by atoms with Crippen molar-refractivity contribution in [3.8, 4) is 0 Å². The topological polar surface area (TPSA) is 79.8 Å². The van der Waals surface area contributed by atoms with Gasteiger partial charge in [-0.1, -0.05) is 29.5 Å². The van der Waals surface area contributed by atoms with E-state index >= 15 is 0 Å². The molecule has 1 fully saturated rings. The van der Waals surface area contributed by atoms with E-state index in [1.807, 2.05) is 24.5 Å². The molecule has 1 amide bonds. The molecule has 0 radical (unpaired) electrons. The SMILES string of the molecule is CSc1ccc2nc(N(CCN3CCOCC3)C(=O)CS(=O)(=O)c3ccccc3)sc2c1.Cl. The van der Waals surface area contributed by atoms with Crippen molar-refractivity contribution in [3.63, 3.8) is 0 Å². The lowest BCUT2D eigenvalue weighted by molar-refractivity contribution is -0.116. The Kier molecular flexibility index (Phi) is 9.14. The second-order valence-electron chi connectivity index (χ2n) is 7.40. The summed E-state index contributed by atoms with van der Waals surface area (Å²) in [6.07, 6.45) is 2.01. The van der Waals surface area contributed by atoms with E-state index in [-0.39, 0.29) is 17.3 Å². The van der Waals surface area contributed by atoms with Crippen LogP contribution in [-0.2, 0) is 19.4 Å². The zero-order valence-electron chi connectivity index (χ0n) is 18.2. The molecule has 0 bridgehead atoms. The fraction of sp³-hybridized carbons (Fsp3) is 0.364. The maximum atomic E-state index is 13.3. The fourth-order valence-electron chi connectivity index (χ4n) is 3.48. The van der Waals surface area contributed by atoms with Crippen molar-refractivity contribution in [2.24, 2.45) is 0 Å². The lowest BCUT2D eigenvalue weighted by atomic mass is 10.3. The van der Waals surface area contributed by atoms with Crippen LogP contribution in [-0.4, -0.2) is 75.6 Å². The predicted molar refractivity (Wildman–Crippen MR) is 137 cm³/mol. The summed E-state index contributed by atoms with van der Waals surface area (Å²) in [4.78, 5) is 22.9. The molecule has 3 aromatic rings. The van der Waals surface area contributed by atoms with Gasteiger partial charge in [0.25, 0.3) is 0 Å². The highest BCUT2D eigenvalue weighted by Crippen LogP contribution is 2.32. The highest BCUT2D eigenvalue weighted by molar-refractivity contribution is 7.98. The van der Waals surface area contributed by atoms with Crippen LogP contribution >= 0.6 is 35.5 Å². The molecule has 7 nitrogen and oxygen atoms in total. The number of rotatable bonds is 8. The summed E-state index contributed by atoms with van der Waals surface area (Å²) in [5.74, 6) is -1.06. The summed E-state index contributed by atoms with van der Waals surface area (Å²) < 4.78 is 32.1. The Hall–Kier alpha value is -1.69. The third-order valence-corrected chi connectivity index (χ3v) is 8.66. The van der Waals surface area contributed by atoms with Gasteiger partial charge in [0.15, 0.2) is 15.0 Å². The predicted octanol–water partition coefficient (Wildman–Crippen LogP) is 3.58. The van der Waals surface area contributed by atoms with Gasteiger partial charge in [0.2, 0.25) is 5.91 Å². The van der Waals surface area contributed by atoms with Crippen LogP contribution in [0, 0.1) is 0 Å². The first-order valence-corrected chi connectivity index (χ1v) is 14.0. The summed E-state index contributed by atoms with van der Waals surface area (Å²) in [6.45, 7) is 3.91. The number of hydrogen-bond acceptors (Lipinski definition) is 8. The molecule has 11 heteroatoms. The summed E-state index contributed by atoms with van der Waals surface area (Å²) in [6, 6.07) is 14.1. The van der Waals surface area contributed by atoms with Crippen molar-refractivity contribution in [2.45, 2.75) is 9.79 Å². The number of benzene rings is 2. The third kappa shape index (κ3) is 6.46. The Morgan fingerprint density at radius 2 is 1.91 bits per heavy atom. The number of anilines is 1. The van der Waals surface area contributed by atoms with E-state index < -0.39 is 21.5 Å². The van der Waals surface area contributed by atoms with E-state index in [2.05, 4.69) is 9.88 Å². The normalized spacial score (nSPS) is 14.7. The molecule has 0 aliphatic carbocycles. The number of carbonyl (C=O) groups is 1. The number of carbonyl (C=O) groups excluding carboxylic acids is 1. The van der Waals surface area contributed by atoms with Gasteiger partial charge < -0.3 is 4.74 Å². The van der Waals surface area contributed by atoms with E-state index in [1.54, 1.807) is 30.0 Å². The minimum absolute atomic E-state index is 0. The lowest BCUT2D eigenvalue weighted by Crippen LogP contribution is -2.44. The number of hydrogen-bond donors (Lipinski definition) is 0. The van der Waals surface area contributed by atoms with Crippen LogP contribution in [0.25, 0.3) is 10.2 Å². The molecular formula is C22H26ClN3O4S3. The molecule has 1 aliphatic rings. The van der Waals surface area contributed by atoms with E-state index in [1.165, 1.54) is 28.4 Å². The molecule has 0 saturated carbocycles. The van der Waals surface area contributed by atoms with Crippen molar-refractivity contribution in [1.82, 2.24) is 9.88 Å². The van der Waals surface area contributed by atoms with Crippen molar-refractivity contribution >= 4 is 66.6 Å². The van der Waals surface area contributed by atoms with Crippen molar-refractivity contribution in [3.05, 3.63) is 48.5 Å². The van der Waals surface area contributed by atoms with Crippen LogP contribution in [0.3, 0.4) is 0 Å². The van der Waals surface area contributed by atoms with Gasteiger partial charge in [0, 0.05) is 31.1 Å². The molecule has 1 aromatic heterocycles. The van der Waals surface area contributed by atoms with Gasteiger partial charge >= 0.3 is 0 Å². The number of thioether (sulfide) groups is 1. The molecule has 0 atom stereocenters. The fourth-order valence-corrected chi connectivity index (χ4v) is 6.26. The highest BCUT2D eigenvalue weighted by Gasteiger charge is 2.27. The van der Waals surface area contributed by atoms with Gasteiger partial charge in [-0.2, -0.15) is 0 Å². The minimum Gasteiger partial charge on any atom is -0.379 e. The van der Waals surface area contributed by atoms with Gasteiger partial charge in [0.05, 0.1) is 28.3 Å². The summed E-state index contributed by atoms with van der Waals surface area (Å²) in [5.41, 5.74) is 0.804. The number of morpholine rings is 1. The molecule has 2 heterocycles. The first kappa shape index (κ1) is 25.9. The molecule has 2 aromatic carbocycles. The maximum absolute atomic E-state index is 13.3. The van der Waals surface area contributed by atoms with Crippen molar-refractivity contribution in [2.75, 3.05) is 56.3 Å². The van der Waals surface area contributed by atoms with Crippen LogP contribution in [0.1, 0.15) is 0 Å². The molecule has 1 saturated heterocycles. The van der Waals surface area contributed by atoms with Gasteiger partial charge in [-0.3, -0.25) is 14.6 Å². The number of sulfone groups is 1. The number of aromatic nitrogens is 1. The molecule has 178 valence electrons. The molecule has 0 spiro atoms. The van der Waals surface area contributed by atoms with Crippen LogP contribution < -0.4 is 4.90 Å². The van der Waals surface area contributed by atoms with Crippen LogP contribution in [0.4, 0.5) is 5.13 Å². The van der Waals surface area contributed by atoms with Gasteiger partial charge in [-0.15, -0.1) is 24.2 Å². The second kappa shape index (κ2) is 11.6. The lowest BCUT2D eigenvalue weighted by Gasteiger charge is -2.29. The molecular weight excluding hydrogens is 502 g/mol. The Morgan fingerprint density at radius 3 is 2.61 bits per heavy atom. The van der Waals surface area contributed by atoms with Gasteiger partial charge in [0.1, 0.15) is 5.75 Å². The number of nitrogens with zero attached hydrogens (tertiary/aromatic N) is 3. The Labute approximate surface area is 208 Å². The molecule has 0 N–H and O–H groups in total. The largest absolute Gasteiger partial charge is 0.379 e. The Bertz CT molecular complexity index is 1180. The van der Waals surface area contributed by atoms with E-state index in [4.69, 9.17) is 4.74 Å². The highest BCUT2D eigenvalue weighted by atomic mass is 35.5. The summed E-state index contributed by atoms with van der Waals surface area (Å²) in [5, 5.41) is 0.528. The minimum atomic E-state index is -3.75. The average molecular weight is 528 g/mol. The molecule has 0 unspecified atom stereocenters. The van der Waals surface area contributed by atoms with Crippen LogP contribution in [0.2, 0.25) is 0 Å². The Balaban J connectivity index is 0.00000306. The quantitative estimate of drug-likeness (QED) is 0.414. The number of thiazole rings is 1. The zero-order valence-corrected chi connectivity index (χ0v) is 21.4. The number of ether oxygens (including phenoxy) is 1. The van der Waals surface area contributed by atoms with E-state index in [0.29, 0.717) is 31.4 Å². The van der Waals surface area contributed by atoms with E-state index in [0.717, 1.165) is 28.2 Å². The summed E-state index contributed by atoms with van der Waals surface area (Å²) >= 11 is 3.06. The van der Waals surface area contributed by atoms with Crippen LogP contribution in [0.5, 0.6) is 0 Å². The van der Waals surface area contributed by atoms with Crippen molar-refractivity contribution < 1.29 is 17.9 Å². The van der Waals surface area contributed by atoms with Gasteiger partial charge in [-0.25, -0.2) is 13.4 Å². The zero-order chi connectivity index (χ0) is 22.6. The van der Waals surface area contributed by atoms with Crippen LogP contribution in [0.15, 0.2) is 58.3 Å². The number of halogens is 1. The van der Waals surface area contributed by atoms with Crippen molar-refractivity contribution in [1.29, 1.82) is 0 Å². The summed E-state index contributed by atoms with van der Waals surface area (Å²) in [7, 11) is -3.75.